The number of hydrogen-bond acceptors (Lipinski definition) is 4. The first-order valence-corrected chi connectivity index (χ1v) is 10.1. The van der Waals surface area contributed by atoms with E-state index in [4.69, 9.17) is 0 Å². The predicted octanol–water partition coefficient (Wildman–Crippen LogP) is 3.17. The summed E-state index contributed by atoms with van der Waals surface area (Å²) < 4.78 is 29.3. The topological polar surface area (TPSA) is 96.3 Å². The molecule has 1 aliphatic rings. The highest BCUT2D eigenvalue weighted by Crippen LogP contribution is 2.29. The standard InChI is InChI=1S/C23H21F2N5O3/c1-13-10-14(2)30(28-13)19-9-8-17(11-18(19)25)26-20(31)12-29-21(32)23(3,27-22(29)33)15-4-6-16(24)7-5-15/h4-11H,12H2,1-3H3,(H,26,31)(H,27,33). The molecule has 1 aromatic heterocycles. The van der Waals surface area contributed by atoms with Gasteiger partial charge < -0.3 is 10.6 Å². The molecule has 0 bridgehead atoms. The van der Waals surface area contributed by atoms with Crippen LogP contribution in [0.15, 0.2) is 48.5 Å². The molecule has 1 unspecified atom stereocenters. The second-order valence-corrected chi connectivity index (χ2v) is 8.01. The second kappa shape index (κ2) is 8.12. The fourth-order valence-corrected chi connectivity index (χ4v) is 3.79. The van der Waals surface area contributed by atoms with Crippen molar-refractivity contribution in [2.45, 2.75) is 26.3 Å². The Balaban J connectivity index is 1.47. The summed E-state index contributed by atoms with van der Waals surface area (Å²) in [6.07, 6.45) is 0. The smallest absolute Gasteiger partial charge is 0.324 e. The summed E-state index contributed by atoms with van der Waals surface area (Å²) in [6.45, 7) is 4.51. The molecule has 33 heavy (non-hydrogen) atoms. The number of benzene rings is 2. The van der Waals surface area contributed by atoms with Crippen LogP contribution in [0.3, 0.4) is 0 Å². The van der Waals surface area contributed by atoms with Crippen LogP contribution in [0.2, 0.25) is 0 Å². The van der Waals surface area contributed by atoms with Gasteiger partial charge in [0.15, 0.2) is 5.82 Å². The highest BCUT2D eigenvalue weighted by Gasteiger charge is 2.49. The number of amides is 4. The van der Waals surface area contributed by atoms with E-state index in [9.17, 15) is 23.2 Å². The molecule has 4 amide bonds. The summed E-state index contributed by atoms with van der Waals surface area (Å²) in [4.78, 5) is 38.6. The average molecular weight is 453 g/mol. The van der Waals surface area contributed by atoms with Crippen molar-refractivity contribution in [3.8, 4) is 5.69 Å². The van der Waals surface area contributed by atoms with Crippen LogP contribution in [0.1, 0.15) is 23.9 Å². The third-order valence-corrected chi connectivity index (χ3v) is 5.47. The first kappa shape index (κ1) is 22.1. The van der Waals surface area contributed by atoms with Gasteiger partial charge in [0.1, 0.15) is 23.6 Å². The number of halogens is 2. The van der Waals surface area contributed by atoms with Crippen LogP contribution in [0.4, 0.5) is 19.3 Å². The maximum absolute atomic E-state index is 14.7. The third-order valence-electron chi connectivity index (χ3n) is 5.47. The van der Waals surface area contributed by atoms with Crippen LogP contribution < -0.4 is 10.6 Å². The third kappa shape index (κ3) is 4.07. The van der Waals surface area contributed by atoms with E-state index in [1.165, 1.54) is 48.0 Å². The predicted molar refractivity (Wildman–Crippen MR) is 116 cm³/mol. The molecule has 4 rings (SSSR count). The summed E-state index contributed by atoms with van der Waals surface area (Å²) in [5.41, 5.74) is 0.834. The number of imide groups is 1. The van der Waals surface area contributed by atoms with E-state index < -0.39 is 41.6 Å². The SMILES string of the molecule is Cc1cc(C)n(-c2ccc(NC(=O)CN3C(=O)NC(C)(c4ccc(F)cc4)C3=O)cc2F)n1. The highest BCUT2D eigenvalue weighted by atomic mass is 19.1. The lowest BCUT2D eigenvalue weighted by Gasteiger charge is -2.22. The largest absolute Gasteiger partial charge is 0.325 e. The van der Waals surface area contributed by atoms with E-state index in [0.29, 0.717) is 5.56 Å². The number of aryl methyl sites for hydroxylation is 2. The van der Waals surface area contributed by atoms with Gasteiger partial charge in [0.25, 0.3) is 5.91 Å². The zero-order valence-electron chi connectivity index (χ0n) is 18.1. The van der Waals surface area contributed by atoms with E-state index >= 15 is 0 Å². The Morgan fingerprint density at radius 3 is 2.39 bits per heavy atom. The van der Waals surface area contributed by atoms with Crippen molar-refractivity contribution >= 4 is 23.5 Å². The summed E-state index contributed by atoms with van der Waals surface area (Å²) >= 11 is 0. The van der Waals surface area contributed by atoms with Gasteiger partial charge >= 0.3 is 6.03 Å². The molecule has 1 fully saturated rings. The molecule has 8 nitrogen and oxygen atoms in total. The lowest BCUT2D eigenvalue weighted by Crippen LogP contribution is -2.42. The fraction of sp³-hybridized carbons (Fsp3) is 0.217. The number of anilines is 1. The number of hydrogen-bond donors (Lipinski definition) is 2. The molecule has 10 heteroatoms. The van der Waals surface area contributed by atoms with Gasteiger partial charge in [0.2, 0.25) is 5.91 Å². The molecule has 0 saturated carbocycles. The minimum Gasteiger partial charge on any atom is -0.324 e. The second-order valence-electron chi connectivity index (χ2n) is 8.01. The minimum absolute atomic E-state index is 0.163. The van der Waals surface area contributed by atoms with Gasteiger partial charge in [-0.1, -0.05) is 12.1 Å². The van der Waals surface area contributed by atoms with Gasteiger partial charge in [0.05, 0.1) is 5.69 Å². The zero-order valence-corrected chi connectivity index (χ0v) is 18.1. The van der Waals surface area contributed by atoms with Crippen molar-refractivity contribution in [2.24, 2.45) is 0 Å². The highest BCUT2D eigenvalue weighted by molar-refractivity contribution is 6.10. The molecule has 1 atom stereocenters. The number of rotatable bonds is 5. The molecule has 2 heterocycles. The molecule has 0 aliphatic carbocycles. The Labute approximate surface area is 188 Å². The van der Waals surface area contributed by atoms with Crippen molar-refractivity contribution in [3.05, 3.63) is 77.1 Å². The van der Waals surface area contributed by atoms with Crippen molar-refractivity contribution in [1.82, 2.24) is 20.0 Å². The zero-order chi connectivity index (χ0) is 23.9. The Morgan fingerprint density at radius 1 is 1.09 bits per heavy atom. The Bertz CT molecular complexity index is 1270. The quantitative estimate of drug-likeness (QED) is 0.580. The Morgan fingerprint density at radius 2 is 1.79 bits per heavy atom. The molecule has 2 N–H and O–H groups in total. The van der Waals surface area contributed by atoms with E-state index in [1.54, 1.807) is 13.8 Å². The molecular weight excluding hydrogens is 432 g/mol. The Kier molecular flexibility index (Phi) is 5.44. The lowest BCUT2D eigenvalue weighted by molar-refractivity contribution is -0.133. The number of aromatic nitrogens is 2. The maximum atomic E-state index is 14.7. The molecule has 3 aromatic rings. The number of carbonyl (C=O) groups excluding carboxylic acids is 3. The van der Waals surface area contributed by atoms with Gasteiger partial charge in [-0.05, 0) is 62.7 Å². The molecule has 0 spiro atoms. The number of nitrogens with one attached hydrogen (secondary N) is 2. The molecule has 170 valence electrons. The van der Waals surface area contributed by atoms with Crippen LogP contribution in [0.25, 0.3) is 5.69 Å². The van der Waals surface area contributed by atoms with Gasteiger partial charge in [-0.2, -0.15) is 5.10 Å². The molecule has 1 aliphatic heterocycles. The monoisotopic (exact) mass is 453 g/mol. The minimum atomic E-state index is -1.43. The number of nitrogens with zero attached hydrogens (tertiary/aromatic N) is 3. The molecule has 0 radical (unpaired) electrons. The van der Waals surface area contributed by atoms with Gasteiger partial charge in [0, 0.05) is 11.4 Å². The first-order chi connectivity index (χ1) is 15.6. The van der Waals surface area contributed by atoms with Crippen molar-refractivity contribution in [3.63, 3.8) is 0 Å². The van der Waals surface area contributed by atoms with Crippen LogP contribution in [-0.2, 0) is 15.1 Å². The maximum Gasteiger partial charge on any atom is 0.325 e. The first-order valence-electron chi connectivity index (χ1n) is 10.1. The average Bonchev–Trinajstić information content (AvgIpc) is 3.19. The summed E-state index contributed by atoms with van der Waals surface area (Å²) in [5.74, 6) is -2.41. The van der Waals surface area contributed by atoms with Gasteiger partial charge in [-0.3, -0.25) is 14.5 Å². The lowest BCUT2D eigenvalue weighted by atomic mass is 9.92. The number of urea groups is 1. The van der Waals surface area contributed by atoms with Crippen LogP contribution in [0, 0.1) is 25.5 Å². The molecule has 2 aromatic carbocycles. The summed E-state index contributed by atoms with van der Waals surface area (Å²) in [7, 11) is 0. The van der Waals surface area contributed by atoms with Crippen molar-refractivity contribution < 1.29 is 23.2 Å². The summed E-state index contributed by atoms with van der Waals surface area (Å²) in [6, 6.07) is 10.3. The van der Waals surface area contributed by atoms with Crippen LogP contribution in [-0.4, -0.2) is 39.1 Å². The normalized spacial score (nSPS) is 17.9. The summed E-state index contributed by atoms with van der Waals surface area (Å²) in [5, 5.41) is 9.27. The molecule has 1 saturated heterocycles. The fourth-order valence-electron chi connectivity index (χ4n) is 3.79. The molecular formula is C23H21F2N5O3. The Hall–Kier alpha value is -4.08. The number of carbonyl (C=O) groups is 3. The van der Waals surface area contributed by atoms with Crippen LogP contribution >= 0.6 is 0 Å². The van der Waals surface area contributed by atoms with E-state index in [2.05, 4.69) is 15.7 Å². The van der Waals surface area contributed by atoms with Gasteiger partial charge in [-0.25, -0.2) is 18.3 Å². The van der Waals surface area contributed by atoms with E-state index in [-0.39, 0.29) is 11.4 Å². The van der Waals surface area contributed by atoms with Crippen molar-refractivity contribution in [2.75, 3.05) is 11.9 Å². The van der Waals surface area contributed by atoms with Gasteiger partial charge in [-0.15, -0.1) is 0 Å². The van der Waals surface area contributed by atoms with Crippen molar-refractivity contribution in [1.29, 1.82) is 0 Å². The van der Waals surface area contributed by atoms with Crippen LogP contribution in [0.5, 0.6) is 0 Å². The van der Waals surface area contributed by atoms with E-state index in [1.807, 2.05) is 6.07 Å². The van der Waals surface area contributed by atoms with E-state index in [0.717, 1.165) is 22.4 Å².